The molecule has 7 heteroatoms. The highest BCUT2D eigenvalue weighted by Gasteiger charge is 2.40. The topological polar surface area (TPSA) is 29.5 Å². The summed E-state index contributed by atoms with van der Waals surface area (Å²) in [4.78, 5) is 14.7. The third kappa shape index (κ3) is 3.12. The SMILES string of the molecule is CN1C2COCC1CC(C(=O)c1ccc(F)c(C(F)(F)F)c1)C2. The van der Waals surface area contributed by atoms with Gasteiger partial charge in [-0.05, 0) is 38.1 Å². The molecule has 3 nitrogen and oxygen atoms in total. The van der Waals surface area contributed by atoms with Crippen molar-refractivity contribution in [2.75, 3.05) is 20.3 Å². The summed E-state index contributed by atoms with van der Waals surface area (Å²) >= 11 is 0. The van der Waals surface area contributed by atoms with E-state index in [4.69, 9.17) is 4.74 Å². The molecule has 2 unspecified atom stereocenters. The number of ketones is 1. The molecule has 2 heterocycles. The molecule has 0 amide bonds. The van der Waals surface area contributed by atoms with Gasteiger partial charge in [0.25, 0.3) is 0 Å². The largest absolute Gasteiger partial charge is 0.419 e. The summed E-state index contributed by atoms with van der Waals surface area (Å²) in [5.41, 5.74) is -1.47. The van der Waals surface area contributed by atoms with Gasteiger partial charge in [-0.15, -0.1) is 0 Å². The van der Waals surface area contributed by atoms with Crippen LogP contribution in [0.5, 0.6) is 0 Å². The van der Waals surface area contributed by atoms with Crippen LogP contribution in [0.15, 0.2) is 18.2 Å². The van der Waals surface area contributed by atoms with Crippen LogP contribution in [0, 0.1) is 11.7 Å². The Morgan fingerprint density at radius 1 is 1.22 bits per heavy atom. The number of fused-ring (bicyclic) bond motifs is 2. The number of hydrogen-bond acceptors (Lipinski definition) is 3. The van der Waals surface area contributed by atoms with Gasteiger partial charge in [0.1, 0.15) is 5.82 Å². The van der Waals surface area contributed by atoms with E-state index in [0.717, 1.165) is 12.1 Å². The fourth-order valence-electron chi connectivity index (χ4n) is 3.44. The number of halogens is 4. The first kappa shape index (κ1) is 16.4. The molecule has 0 radical (unpaired) electrons. The van der Waals surface area contributed by atoms with Crippen molar-refractivity contribution < 1.29 is 27.1 Å². The lowest BCUT2D eigenvalue weighted by Crippen LogP contribution is -2.55. The molecule has 2 saturated heterocycles. The molecule has 0 aromatic heterocycles. The molecule has 2 fully saturated rings. The van der Waals surface area contributed by atoms with Gasteiger partial charge in [-0.3, -0.25) is 9.69 Å². The van der Waals surface area contributed by atoms with E-state index in [1.165, 1.54) is 0 Å². The maximum atomic E-state index is 13.4. The van der Waals surface area contributed by atoms with Crippen molar-refractivity contribution in [3.8, 4) is 0 Å². The Morgan fingerprint density at radius 3 is 2.39 bits per heavy atom. The van der Waals surface area contributed by atoms with Crippen molar-refractivity contribution in [2.24, 2.45) is 5.92 Å². The smallest absolute Gasteiger partial charge is 0.378 e. The van der Waals surface area contributed by atoms with Gasteiger partial charge in [-0.2, -0.15) is 13.2 Å². The third-order valence-corrected chi connectivity index (χ3v) is 4.81. The maximum Gasteiger partial charge on any atom is 0.419 e. The van der Waals surface area contributed by atoms with Crippen LogP contribution in [0.3, 0.4) is 0 Å². The van der Waals surface area contributed by atoms with Crippen LogP contribution in [0.25, 0.3) is 0 Å². The van der Waals surface area contributed by atoms with Crippen LogP contribution in [0.2, 0.25) is 0 Å². The third-order valence-electron chi connectivity index (χ3n) is 4.81. The fourth-order valence-corrected chi connectivity index (χ4v) is 3.44. The minimum absolute atomic E-state index is 0.0766. The highest BCUT2D eigenvalue weighted by Crippen LogP contribution is 2.35. The molecule has 23 heavy (non-hydrogen) atoms. The van der Waals surface area contributed by atoms with Gasteiger partial charge in [-0.1, -0.05) is 0 Å². The molecule has 2 bridgehead atoms. The van der Waals surface area contributed by atoms with Gasteiger partial charge < -0.3 is 4.74 Å². The van der Waals surface area contributed by atoms with E-state index in [0.29, 0.717) is 32.1 Å². The van der Waals surface area contributed by atoms with Crippen LogP contribution < -0.4 is 0 Å². The number of likely N-dealkylation sites (N-methyl/N-ethyl adjacent to an activating group) is 1. The van der Waals surface area contributed by atoms with E-state index in [9.17, 15) is 22.4 Å². The van der Waals surface area contributed by atoms with Gasteiger partial charge in [0.2, 0.25) is 0 Å². The molecule has 3 rings (SSSR count). The number of carbonyl (C=O) groups excluding carboxylic acids is 1. The molecule has 2 aliphatic heterocycles. The molecule has 126 valence electrons. The second kappa shape index (κ2) is 5.87. The summed E-state index contributed by atoms with van der Waals surface area (Å²) in [6.45, 7) is 1.04. The second-order valence-corrected chi connectivity index (χ2v) is 6.24. The fraction of sp³-hybridized carbons (Fsp3) is 0.562. The van der Waals surface area contributed by atoms with Gasteiger partial charge in [0, 0.05) is 23.6 Å². The molecular weight excluding hydrogens is 314 g/mol. The Labute approximate surface area is 131 Å². The highest BCUT2D eigenvalue weighted by molar-refractivity contribution is 5.98. The van der Waals surface area contributed by atoms with E-state index < -0.39 is 17.6 Å². The van der Waals surface area contributed by atoms with Crippen LogP contribution in [0.1, 0.15) is 28.8 Å². The van der Waals surface area contributed by atoms with Crippen molar-refractivity contribution in [3.63, 3.8) is 0 Å². The second-order valence-electron chi connectivity index (χ2n) is 6.24. The first-order chi connectivity index (χ1) is 10.8. The molecule has 0 aliphatic carbocycles. The van der Waals surface area contributed by atoms with E-state index in [1.807, 2.05) is 7.05 Å². The van der Waals surface area contributed by atoms with Crippen LogP contribution in [-0.2, 0) is 10.9 Å². The van der Waals surface area contributed by atoms with E-state index >= 15 is 0 Å². The average molecular weight is 331 g/mol. The summed E-state index contributed by atoms with van der Waals surface area (Å²) in [5, 5.41) is 0. The number of ether oxygens (including phenoxy) is 1. The quantitative estimate of drug-likeness (QED) is 0.616. The molecule has 1 aromatic carbocycles. The zero-order valence-corrected chi connectivity index (χ0v) is 12.6. The van der Waals surface area contributed by atoms with Crippen LogP contribution in [0.4, 0.5) is 17.6 Å². The van der Waals surface area contributed by atoms with E-state index in [1.54, 1.807) is 0 Å². The Bertz CT molecular complexity index is 603. The van der Waals surface area contributed by atoms with Gasteiger partial charge in [0.05, 0.1) is 18.8 Å². The number of nitrogens with zero attached hydrogens (tertiary/aromatic N) is 1. The van der Waals surface area contributed by atoms with Crippen molar-refractivity contribution in [2.45, 2.75) is 31.1 Å². The first-order valence-corrected chi connectivity index (χ1v) is 7.48. The summed E-state index contributed by atoms with van der Waals surface area (Å²) in [6.07, 6.45) is -3.72. The molecule has 1 aromatic rings. The lowest BCUT2D eigenvalue weighted by atomic mass is 9.81. The number of carbonyl (C=O) groups is 1. The molecule has 0 N–H and O–H groups in total. The normalized spacial score (nSPS) is 28.7. The van der Waals surface area contributed by atoms with E-state index in [-0.39, 0.29) is 29.3 Å². The van der Waals surface area contributed by atoms with Gasteiger partial charge in [0.15, 0.2) is 5.78 Å². The molecule has 2 atom stereocenters. The lowest BCUT2D eigenvalue weighted by Gasteiger charge is -2.46. The minimum Gasteiger partial charge on any atom is -0.378 e. The van der Waals surface area contributed by atoms with Gasteiger partial charge in [-0.25, -0.2) is 4.39 Å². The van der Waals surface area contributed by atoms with Crippen molar-refractivity contribution in [3.05, 3.63) is 35.1 Å². The maximum absolute atomic E-state index is 13.4. The number of hydrogen-bond donors (Lipinski definition) is 0. The monoisotopic (exact) mass is 331 g/mol. The number of rotatable bonds is 2. The molecule has 0 saturated carbocycles. The molecule has 0 spiro atoms. The Morgan fingerprint density at radius 2 is 1.83 bits per heavy atom. The Kier molecular flexibility index (Phi) is 4.18. The number of benzene rings is 1. The standard InChI is InChI=1S/C16H17F4NO2/c1-21-11-4-10(5-12(21)8-23-7-11)15(22)9-2-3-14(17)13(6-9)16(18,19)20/h2-3,6,10-12H,4-5,7-8H2,1H3. The summed E-state index contributed by atoms with van der Waals surface area (Å²) in [5.74, 6) is -2.06. The van der Waals surface area contributed by atoms with E-state index in [2.05, 4.69) is 4.90 Å². The minimum atomic E-state index is -4.81. The molecule has 2 aliphatic rings. The molecular formula is C16H17F4NO2. The highest BCUT2D eigenvalue weighted by atomic mass is 19.4. The predicted molar refractivity (Wildman–Crippen MR) is 74.6 cm³/mol. The predicted octanol–water partition coefficient (Wildman–Crippen LogP) is 3.14. The zero-order chi connectivity index (χ0) is 16.8. The van der Waals surface area contributed by atoms with Crippen molar-refractivity contribution >= 4 is 5.78 Å². The lowest BCUT2D eigenvalue weighted by molar-refractivity contribution is -0.140. The summed E-state index contributed by atoms with van der Waals surface area (Å²) < 4.78 is 57.2. The average Bonchev–Trinajstić information content (AvgIpc) is 2.45. The summed E-state index contributed by atoms with van der Waals surface area (Å²) in [6, 6.07) is 2.67. The number of Topliss-reactive ketones (excluding diaryl/α,β-unsaturated/α-hetero) is 1. The number of morpholine rings is 1. The van der Waals surface area contributed by atoms with Gasteiger partial charge >= 0.3 is 6.18 Å². The number of alkyl halides is 3. The number of piperidine rings is 1. The Balaban J connectivity index is 1.84. The van der Waals surface area contributed by atoms with Crippen LogP contribution >= 0.6 is 0 Å². The van der Waals surface area contributed by atoms with Crippen molar-refractivity contribution in [1.82, 2.24) is 4.90 Å². The Hall–Kier alpha value is -1.47. The van der Waals surface area contributed by atoms with Crippen LogP contribution in [-0.4, -0.2) is 43.0 Å². The zero-order valence-electron chi connectivity index (χ0n) is 12.6. The first-order valence-electron chi connectivity index (χ1n) is 7.48. The summed E-state index contributed by atoms with van der Waals surface area (Å²) in [7, 11) is 1.97. The van der Waals surface area contributed by atoms with Crippen molar-refractivity contribution in [1.29, 1.82) is 0 Å².